The molecule has 0 unspecified atom stereocenters. The number of hydrogen-bond donors (Lipinski definition) is 1. The van der Waals surface area contributed by atoms with Crippen molar-refractivity contribution >= 4 is 21.8 Å². The number of benzene rings is 2. The zero-order chi connectivity index (χ0) is 21.1. The van der Waals surface area contributed by atoms with E-state index in [1.54, 1.807) is 0 Å². The van der Waals surface area contributed by atoms with Gasteiger partial charge in [-0.1, -0.05) is 35.9 Å². The Labute approximate surface area is 166 Å². The Morgan fingerprint density at radius 2 is 1.79 bits per heavy atom. The molecule has 1 atom stereocenters. The summed E-state index contributed by atoms with van der Waals surface area (Å²) in [5, 5.41) is 2.80. The predicted octanol–water partition coefficient (Wildman–Crippen LogP) is 2.93. The van der Waals surface area contributed by atoms with E-state index >= 15 is 0 Å². The van der Waals surface area contributed by atoms with E-state index in [4.69, 9.17) is 0 Å². The lowest BCUT2D eigenvalue weighted by Gasteiger charge is -2.28. The molecule has 0 aliphatic heterocycles. The minimum Gasteiger partial charge on any atom is -0.348 e. The van der Waals surface area contributed by atoms with E-state index in [-0.39, 0.29) is 11.7 Å². The van der Waals surface area contributed by atoms with Crippen molar-refractivity contribution in [1.29, 1.82) is 0 Å². The Kier molecular flexibility index (Phi) is 6.79. The zero-order valence-electron chi connectivity index (χ0n) is 16.7. The molecule has 0 saturated heterocycles. The molecule has 0 fully saturated rings. The second-order valence-electron chi connectivity index (χ2n) is 6.90. The van der Waals surface area contributed by atoms with Gasteiger partial charge in [0.2, 0.25) is 5.91 Å². The van der Waals surface area contributed by atoms with Gasteiger partial charge in [0.05, 0.1) is 11.7 Å². The fraction of sp³-hybridized carbons (Fsp3) is 0.350. The summed E-state index contributed by atoms with van der Waals surface area (Å²) in [5.41, 5.74) is 2.90. The molecule has 2 rings (SSSR count). The highest BCUT2D eigenvalue weighted by atomic mass is 32.2. The number of carbonyl (C=O) groups excluding carboxylic acids is 1. The molecule has 2 aromatic carbocycles. The van der Waals surface area contributed by atoms with E-state index in [9.17, 15) is 17.6 Å². The largest absolute Gasteiger partial charge is 0.348 e. The molecule has 28 heavy (non-hydrogen) atoms. The van der Waals surface area contributed by atoms with Crippen molar-refractivity contribution < 1.29 is 17.6 Å². The molecule has 1 amide bonds. The Morgan fingerprint density at radius 3 is 2.36 bits per heavy atom. The van der Waals surface area contributed by atoms with Crippen molar-refractivity contribution in [2.75, 3.05) is 24.9 Å². The summed E-state index contributed by atoms with van der Waals surface area (Å²) in [6.45, 7) is 5.23. The Bertz CT molecular complexity index is 961. The summed E-state index contributed by atoms with van der Waals surface area (Å²) in [4.78, 5) is 12.6. The maximum Gasteiger partial charge on any atom is 0.304 e. The van der Waals surface area contributed by atoms with Gasteiger partial charge in [-0.2, -0.15) is 12.7 Å². The highest BCUT2D eigenvalue weighted by Gasteiger charge is 2.29. The van der Waals surface area contributed by atoms with Gasteiger partial charge < -0.3 is 5.32 Å². The SMILES string of the molecule is Cc1ccc([C@H](C)NC(=O)CN(c2ccccc2F)S(=O)(=O)N(C)C)c(C)c1. The van der Waals surface area contributed by atoms with Crippen molar-refractivity contribution in [2.45, 2.75) is 26.8 Å². The van der Waals surface area contributed by atoms with E-state index < -0.39 is 28.5 Å². The van der Waals surface area contributed by atoms with Crippen molar-refractivity contribution in [2.24, 2.45) is 0 Å². The average Bonchev–Trinajstić information content (AvgIpc) is 2.60. The number of anilines is 1. The first-order chi connectivity index (χ1) is 13.0. The third kappa shape index (κ3) is 4.88. The van der Waals surface area contributed by atoms with Gasteiger partial charge >= 0.3 is 10.2 Å². The molecule has 0 heterocycles. The molecule has 6 nitrogen and oxygen atoms in total. The molecule has 8 heteroatoms. The minimum atomic E-state index is -4.06. The van der Waals surface area contributed by atoms with Crippen LogP contribution in [0.25, 0.3) is 0 Å². The first-order valence-corrected chi connectivity index (χ1v) is 10.2. The number of rotatable bonds is 7. The van der Waals surface area contributed by atoms with Crippen LogP contribution >= 0.6 is 0 Å². The van der Waals surface area contributed by atoms with Gasteiger partial charge in [0.1, 0.15) is 12.4 Å². The summed E-state index contributed by atoms with van der Waals surface area (Å²) in [5.74, 6) is -1.25. The van der Waals surface area contributed by atoms with Crippen LogP contribution in [0.1, 0.15) is 29.7 Å². The number of nitrogens with one attached hydrogen (secondary N) is 1. The third-order valence-corrected chi connectivity index (χ3v) is 6.22. The number of amides is 1. The smallest absolute Gasteiger partial charge is 0.304 e. The summed E-state index contributed by atoms with van der Waals surface area (Å²) in [7, 11) is -1.39. The Hall–Kier alpha value is -2.45. The van der Waals surface area contributed by atoms with Crippen LogP contribution in [0.15, 0.2) is 42.5 Å². The summed E-state index contributed by atoms with van der Waals surface area (Å²) in [6, 6.07) is 11.0. The maximum absolute atomic E-state index is 14.2. The molecule has 0 bridgehead atoms. The fourth-order valence-electron chi connectivity index (χ4n) is 2.95. The van der Waals surface area contributed by atoms with E-state index in [1.165, 1.54) is 32.3 Å². The zero-order valence-corrected chi connectivity index (χ0v) is 17.5. The van der Waals surface area contributed by atoms with Crippen molar-refractivity contribution in [3.8, 4) is 0 Å². The van der Waals surface area contributed by atoms with Crippen LogP contribution in [-0.2, 0) is 15.0 Å². The van der Waals surface area contributed by atoms with Crippen LogP contribution in [0.2, 0.25) is 0 Å². The number of nitrogens with zero attached hydrogens (tertiary/aromatic N) is 2. The molecular formula is C20H26FN3O3S. The lowest BCUT2D eigenvalue weighted by molar-refractivity contribution is -0.120. The molecule has 0 saturated carbocycles. The van der Waals surface area contributed by atoms with Crippen molar-refractivity contribution in [3.63, 3.8) is 0 Å². The van der Waals surface area contributed by atoms with Crippen LogP contribution in [0.5, 0.6) is 0 Å². The van der Waals surface area contributed by atoms with Crippen LogP contribution in [0.3, 0.4) is 0 Å². The van der Waals surface area contributed by atoms with Gasteiger partial charge in [-0.25, -0.2) is 8.70 Å². The predicted molar refractivity (Wildman–Crippen MR) is 109 cm³/mol. The van der Waals surface area contributed by atoms with E-state index in [0.717, 1.165) is 31.4 Å². The molecule has 0 spiro atoms. The first kappa shape index (κ1) is 21.8. The van der Waals surface area contributed by atoms with Crippen LogP contribution in [0, 0.1) is 19.7 Å². The fourth-order valence-corrected chi connectivity index (χ4v) is 4.02. The van der Waals surface area contributed by atoms with Crippen LogP contribution < -0.4 is 9.62 Å². The quantitative estimate of drug-likeness (QED) is 0.767. The number of aryl methyl sites for hydroxylation is 2. The molecule has 2 aromatic rings. The third-order valence-electron chi connectivity index (χ3n) is 4.42. The Balaban J connectivity index is 2.27. The van der Waals surface area contributed by atoms with Gasteiger partial charge in [0.25, 0.3) is 0 Å². The molecule has 0 aliphatic carbocycles. The Morgan fingerprint density at radius 1 is 1.14 bits per heavy atom. The molecule has 0 aliphatic rings. The number of hydrogen-bond acceptors (Lipinski definition) is 3. The van der Waals surface area contributed by atoms with E-state index in [2.05, 4.69) is 5.32 Å². The topological polar surface area (TPSA) is 69.7 Å². The van der Waals surface area contributed by atoms with Gasteiger partial charge in [0, 0.05) is 14.1 Å². The van der Waals surface area contributed by atoms with Gasteiger partial charge in [0.15, 0.2) is 0 Å². The normalized spacial score (nSPS) is 12.7. The van der Waals surface area contributed by atoms with Gasteiger partial charge in [-0.3, -0.25) is 4.79 Å². The van der Waals surface area contributed by atoms with Crippen LogP contribution in [-0.4, -0.2) is 39.3 Å². The van der Waals surface area contributed by atoms with Crippen LogP contribution in [0.4, 0.5) is 10.1 Å². The standard InChI is InChI=1S/C20H26FN3O3S/c1-14-10-11-17(15(2)12-14)16(3)22-20(25)13-24(28(26,27)23(4)5)19-9-7-6-8-18(19)21/h6-12,16H,13H2,1-5H3,(H,22,25)/t16-/m0/s1. The summed E-state index contributed by atoms with van der Waals surface area (Å²) in [6.07, 6.45) is 0. The maximum atomic E-state index is 14.2. The lowest BCUT2D eigenvalue weighted by atomic mass is 10.0. The minimum absolute atomic E-state index is 0.175. The number of halogens is 1. The molecule has 152 valence electrons. The molecule has 0 aromatic heterocycles. The van der Waals surface area contributed by atoms with Crippen molar-refractivity contribution in [1.82, 2.24) is 9.62 Å². The lowest BCUT2D eigenvalue weighted by Crippen LogP contribution is -2.46. The second-order valence-corrected chi connectivity index (χ2v) is 8.96. The van der Waals surface area contributed by atoms with Crippen molar-refractivity contribution in [3.05, 3.63) is 65.0 Å². The highest BCUT2D eigenvalue weighted by Crippen LogP contribution is 2.23. The monoisotopic (exact) mass is 407 g/mol. The second kappa shape index (κ2) is 8.70. The van der Waals surface area contributed by atoms with E-state index in [1.807, 2.05) is 39.0 Å². The first-order valence-electron chi connectivity index (χ1n) is 8.85. The van der Waals surface area contributed by atoms with E-state index in [0.29, 0.717) is 0 Å². The summed E-state index contributed by atoms with van der Waals surface area (Å²) >= 11 is 0. The highest BCUT2D eigenvalue weighted by molar-refractivity contribution is 7.90. The average molecular weight is 408 g/mol. The number of carbonyl (C=O) groups is 1. The summed E-state index contributed by atoms with van der Waals surface area (Å²) < 4.78 is 41.3. The van der Waals surface area contributed by atoms with Gasteiger partial charge in [-0.05, 0) is 44.0 Å². The number of para-hydroxylation sites is 1. The van der Waals surface area contributed by atoms with Gasteiger partial charge in [-0.15, -0.1) is 0 Å². The molecule has 0 radical (unpaired) electrons. The molecule has 1 N–H and O–H groups in total. The molecular weight excluding hydrogens is 381 g/mol.